The van der Waals surface area contributed by atoms with E-state index in [0.717, 1.165) is 24.2 Å². The summed E-state index contributed by atoms with van der Waals surface area (Å²) in [5.74, 6) is 1.05. The van der Waals surface area contributed by atoms with Gasteiger partial charge < -0.3 is 15.6 Å². The molecule has 0 atom stereocenters. The van der Waals surface area contributed by atoms with Crippen molar-refractivity contribution in [2.45, 2.75) is 24.7 Å². The first-order chi connectivity index (χ1) is 7.63. The van der Waals surface area contributed by atoms with Gasteiger partial charge in [-0.25, -0.2) is 0 Å². The van der Waals surface area contributed by atoms with E-state index >= 15 is 0 Å². The van der Waals surface area contributed by atoms with Gasteiger partial charge in [-0.15, -0.1) is 0 Å². The zero-order chi connectivity index (χ0) is 11.8. The number of hydrogen-bond acceptors (Lipinski definition) is 3. The van der Waals surface area contributed by atoms with Crippen LogP contribution in [0.1, 0.15) is 24.8 Å². The molecule has 0 aromatic heterocycles. The van der Waals surface area contributed by atoms with Gasteiger partial charge in [0.05, 0.1) is 11.6 Å². The van der Waals surface area contributed by atoms with Crippen molar-refractivity contribution in [3.63, 3.8) is 0 Å². The highest BCUT2D eigenvalue weighted by atomic mass is 79.9. The van der Waals surface area contributed by atoms with Crippen molar-refractivity contribution in [2.75, 3.05) is 13.7 Å². The Balaban J connectivity index is 2.50. The third-order valence-electron chi connectivity index (χ3n) is 3.55. The number of ether oxygens (including phenoxy) is 1. The summed E-state index contributed by atoms with van der Waals surface area (Å²) in [7, 11) is 1.62. The van der Waals surface area contributed by atoms with Gasteiger partial charge in [0, 0.05) is 17.5 Å². The van der Waals surface area contributed by atoms with Crippen LogP contribution in [-0.4, -0.2) is 18.8 Å². The Labute approximate surface area is 104 Å². The number of nitrogens with two attached hydrogens (primary N) is 1. The predicted molar refractivity (Wildman–Crippen MR) is 66.9 cm³/mol. The van der Waals surface area contributed by atoms with Crippen molar-refractivity contribution in [3.8, 4) is 11.5 Å². The third-order valence-corrected chi connectivity index (χ3v) is 4.15. The Hall–Kier alpha value is -0.740. The molecule has 0 bridgehead atoms. The summed E-state index contributed by atoms with van der Waals surface area (Å²) in [6.45, 7) is 0.570. The first-order valence-corrected chi connectivity index (χ1v) is 6.19. The topological polar surface area (TPSA) is 55.5 Å². The Morgan fingerprint density at radius 2 is 2.19 bits per heavy atom. The summed E-state index contributed by atoms with van der Waals surface area (Å²) in [5, 5.41) is 10.1. The molecular weight excluding hydrogens is 270 g/mol. The average molecular weight is 286 g/mol. The van der Waals surface area contributed by atoms with Crippen molar-refractivity contribution in [3.05, 3.63) is 22.2 Å². The normalized spacial score (nSPS) is 17.9. The minimum absolute atomic E-state index is 0.0544. The van der Waals surface area contributed by atoms with Crippen LogP contribution in [0.3, 0.4) is 0 Å². The highest BCUT2D eigenvalue weighted by Gasteiger charge is 2.40. The molecule has 88 valence electrons. The molecule has 0 spiro atoms. The monoisotopic (exact) mass is 285 g/mol. The van der Waals surface area contributed by atoms with Crippen molar-refractivity contribution in [2.24, 2.45) is 5.73 Å². The van der Waals surface area contributed by atoms with E-state index in [1.807, 2.05) is 6.07 Å². The van der Waals surface area contributed by atoms with Crippen molar-refractivity contribution >= 4 is 15.9 Å². The second-order valence-corrected chi connectivity index (χ2v) is 5.20. The van der Waals surface area contributed by atoms with E-state index in [-0.39, 0.29) is 5.41 Å². The molecule has 2 rings (SSSR count). The van der Waals surface area contributed by atoms with Crippen LogP contribution in [0.25, 0.3) is 0 Å². The summed E-state index contributed by atoms with van der Waals surface area (Å²) in [5.41, 5.74) is 6.70. The average Bonchev–Trinajstić information content (AvgIpc) is 2.23. The van der Waals surface area contributed by atoms with E-state index in [0.29, 0.717) is 16.8 Å². The molecule has 0 aliphatic heterocycles. The molecule has 4 heteroatoms. The molecule has 1 aliphatic carbocycles. The molecule has 1 fully saturated rings. The largest absolute Gasteiger partial charge is 0.506 e. The molecule has 1 saturated carbocycles. The number of aromatic hydroxyl groups is 1. The molecule has 3 N–H and O–H groups in total. The van der Waals surface area contributed by atoms with Crippen molar-refractivity contribution in [1.29, 1.82) is 0 Å². The summed E-state index contributed by atoms with van der Waals surface area (Å²) >= 11 is 3.34. The number of rotatable bonds is 3. The minimum atomic E-state index is -0.0544. The molecule has 0 saturated heterocycles. The lowest BCUT2D eigenvalue weighted by Crippen LogP contribution is -2.41. The molecule has 1 aliphatic rings. The van der Waals surface area contributed by atoms with Gasteiger partial charge in [-0.1, -0.05) is 6.42 Å². The molecular formula is C12H16BrNO2. The van der Waals surface area contributed by atoms with E-state index in [1.165, 1.54) is 6.42 Å². The lowest BCUT2D eigenvalue weighted by Gasteiger charge is -2.42. The van der Waals surface area contributed by atoms with Crippen molar-refractivity contribution < 1.29 is 9.84 Å². The summed E-state index contributed by atoms with van der Waals surface area (Å²) in [6.07, 6.45) is 3.25. The molecule has 0 amide bonds. The highest BCUT2D eigenvalue weighted by Crippen LogP contribution is 2.49. The van der Waals surface area contributed by atoms with Crippen molar-refractivity contribution in [1.82, 2.24) is 0 Å². The molecule has 16 heavy (non-hydrogen) atoms. The smallest absolute Gasteiger partial charge is 0.133 e. The first-order valence-electron chi connectivity index (χ1n) is 5.40. The van der Waals surface area contributed by atoms with Crippen LogP contribution < -0.4 is 10.5 Å². The number of halogens is 1. The minimum Gasteiger partial charge on any atom is -0.506 e. The van der Waals surface area contributed by atoms with Gasteiger partial charge >= 0.3 is 0 Å². The maximum atomic E-state index is 10.1. The summed E-state index contributed by atoms with van der Waals surface area (Å²) in [4.78, 5) is 0. The third kappa shape index (κ3) is 1.70. The van der Waals surface area contributed by atoms with Crippen LogP contribution in [0.15, 0.2) is 16.6 Å². The zero-order valence-corrected chi connectivity index (χ0v) is 10.9. The Morgan fingerprint density at radius 3 is 2.62 bits per heavy atom. The first kappa shape index (κ1) is 11.7. The fourth-order valence-corrected chi connectivity index (χ4v) is 2.72. The molecule has 0 unspecified atom stereocenters. The van der Waals surface area contributed by atoms with Gasteiger partial charge in [0.15, 0.2) is 0 Å². The number of methoxy groups -OCH3 is 1. The Kier molecular flexibility index (Phi) is 3.13. The maximum Gasteiger partial charge on any atom is 0.133 e. The second kappa shape index (κ2) is 4.26. The fourth-order valence-electron chi connectivity index (χ4n) is 2.28. The summed E-state index contributed by atoms with van der Waals surface area (Å²) in [6, 6.07) is 3.66. The predicted octanol–water partition coefficient (Wildman–Crippen LogP) is 2.54. The highest BCUT2D eigenvalue weighted by molar-refractivity contribution is 9.10. The maximum absolute atomic E-state index is 10.1. The van der Waals surface area contributed by atoms with Gasteiger partial charge in [-0.05, 0) is 40.9 Å². The lowest BCUT2D eigenvalue weighted by molar-refractivity contribution is 0.243. The quantitative estimate of drug-likeness (QED) is 0.897. The van der Waals surface area contributed by atoms with Gasteiger partial charge in [-0.3, -0.25) is 0 Å². The van der Waals surface area contributed by atoms with Gasteiger partial charge in [0.2, 0.25) is 0 Å². The van der Waals surface area contributed by atoms with Crippen LogP contribution in [0.2, 0.25) is 0 Å². The molecule has 0 radical (unpaired) electrons. The summed E-state index contributed by atoms with van der Waals surface area (Å²) < 4.78 is 5.89. The second-order valence-electron chi connectivity index (χ2n) is 4.34. The Bertz CT molecular complexity index is 397. The number of benzene rings is 1. The zero-order valence-electron chi connectivity index (χ0n) is 9.29. The van der Waals surface area contributed by atoms with E-state index in [2.05, 4.69) is 15.9 Å². The van der Waals surface area contributed by atoms with Crippen LogP contribution >= 0.6 is 15.9 Å². The van der Waals surface area contributed by atoms with E-state index < -0.39 is 0 Å². The van der Waals surface area contributed by atoms with Crippen LogP contribution in [0.5, 0.6) is 11.5 Å². The number of phenolic OH excluding ortho intramolecular Hbond substituents is 1. The molecule has 0 heterocycles. The van der Waals surface area contributed by atoms with Crippen LogP contribution in [-0.2, 0) is 5.41 Å². The van der Waals surface area contributed by atoms with E-state index in [9.17, 15) is 5.11 Å². The van der Waals surface area contributed by atoms with Gasteiger partial charge in [-0.2, -0.15) is 0 Å². The van der Waals surface area contributed by atoms with E-state index in [1.54, 1.807) is 13.2 Å². The van der Waals surface area contributed by atoms with E-state index in [4.69, 9.17) is 10.5 Å². The molecule has 1 aromatic carbocycles. The molecule has 1 aromatic rings. The number of hydrogen-bond donors (Lipinski definition) is 2. The SMILES string of the molecule is COc1cc(Br)c(O)c(C2(CN)CCC2)c1. The fraction of sp³-hybridized carbons (Fsp3) is 0.500. The van der Waals surface area contributed by atoms with Crippen LogP contribution in [0.4, 0.5) is 0 Å². The van der Waals surface area contributed by atoms with Gasteiger partial charge in [0.1, 0.15) is 11.5 Å². The molecule has 3 nitrogen and oxygen atoms in total. The van der Waals surface area contributed by atoms with Crippen LogP contribution in [0, 0.1) is 0 Å². The standard InChI is InChI=1S/C12H16BrNO2/c1-16-8-5-9(11(15)10(13)6-8)12(7-14)3-2-4-12/h5-6,15H,2-4,7,14H2,1H3. The number of phenols is 1. The Morgan fingerprint density at radius 1 is 1.50 bits per heavy atom. The lowest BCUT2D eigenvalue weighted by atomic mass is 9.64. The van der Waals surface area contributed by atoms with Gasteiger partial charge in [0.25, 0.3) is 0 Å².